The minimum Gasteiger partial charge on any atom is -0.351 e. The number of hydrogen-bond donors (Lipinski definition) is 9. The number of nitrogens with one attached hydrogen (secondary N) is 3. The second-order valence-corrected chi connectivity index (χ2v) is 1.53. The van der Waals surface area contributed by atoms with Crippen molar-refractivity contribution in [2.24, 2.45) is 34.7 Å². The fourth-order valence-electron chi connectivity index (χ4n) is 0. The first-order valence-corrected chi connectivity index (χ1v) is 3.09. The predicted octanol–water partition coefficient (Wildman–Crippen LogP) is -4.41. The van der Waals surface area contributed by atoms with E-state index in [1.165, 1.54) is 0 Å². The van der Waals surface area contributed by atoms with E-state index >= 15 is 0 Å². The van der Waals surface area contributed by atoms with Crippen LogP contribution in [0.25, 0.3) is 0 Å². The maximum Gasteiger partial charge on any atom is 0.326 e. The van der Waals surface area contributed by atoms with Gasteiger partial charge in [0.2, 0.25) is 0 Å². The second kappa shape index (κ2) is 14.2. The monoisotopic (exact) mass is 225 g/mol. The van der Waals surface area contributed by atoms with Gasteiger partial charge >= 0.3 is 18.1 Å². The fraction of sp³-hybridized carbons (Fsp3) is 0. The largest absolute Gasteiger partial charge is 0.351 e. The van der Waals surface area contributed by atoms with Gasteiger partial charge in [-0.3, -0.25) is 16.3 Å². The molecule has 0 atom stereocenters. The second-order valence-electron chi connectivity index (χ2n) is 1.53. The molecule has 0 saturated carbocycles. The third-order valence-electron chi connectivity index (χ3n) is 0.427. The smallest absolute Gasteiger partial charge is 0.326 e. The topological polar surface area (TPSA) is 243 Å². The standard InChI is InChI=1S/3CH5N3O/c3*2-1(5)4-3/h3*3H2,(H3,2,4,5). The lowest BCUT2D eigenvalue weighted by Gasteiger charge is -1.81. The highest BCUT2D eigenvalue weighted by Gasteiger charge is 1.74. The third-order valence-corrected chi connectivity index (χ3v) is 0.427. The Hall–Kier alpha value is -2.31. The Morgan fingerprint density at radius 1 is 0.600 bits per heavy atom. The van der Waals surface area contributed by atoms with E-state index < -0.39 is 18.1 Å². The zero-order valence-electron chi connectivity index (χ0n) is 7.69. The van der Waals surface area contributed by atoms with Crippen LogP contribution in [0, 0.1) is 0 Å². The number of urea groups is 3. The number of rotatable bonds is 0. The molecule has 0 unspecified atom stereocenters. The van der Waals surface area contributed by atoms with E-state index in [4.69, 9.17) is 0 Å². The molecule has 12 nitrogen and oxygen atoms in total. The van der Waals surface area contributed by atoms with Crippen LogP contribution in [0.2, 0.25) is 0 Å². The highest BCUT2D eigenvalue weighted by atomic mass is 16.2. The molecule has 0 saturated heterocycles. The molecule has 0 aliphatic heterocycles. The lowest BCUT2D eigenvalue weighted by Crippen LogP contribution is -2.34. The number of hydrazine groups is 3. The third kappa shape index (κ3) is 80.6. The van der Waals surface area contributed by atoms with E-state index in [0.717, 1.165) is 0 Å². The van der Waals surface area contributed by atoms with Crippen LogP contribution >= 0.6 is 0 Å². The molecule has 0 aromatic carbocycles. The average Bonchev–Trinajstić information content (AvgIpc) is 2.19. The quantitative estimate of drug-likeness (QED) is 0.112. The van der Waals surface area contributed by atoms with Gasteiger partial charge in [0.1, 0.15) is 0 Å². The summed E-state index contributed by atoms with van der Waals surface area (Å²) in [6.45, 7) is 0. The molecule has 0 aromatic heterocycles. The summed E-state index contributed by atoms with van der Waals surface area (Å²) in [7, 11) is 0. The van der Waals surface area contributed by atoms with Crippen molar-refractivity contribution in [3.8, 4) is 0 Å². The lowest BCUT2D eigenvalue weighted by atomic mass is 11.2. The highest BCUT2D eigenvalue weighted by Crippen LogP contribution is 1.35. The number of primary amides is 3. The van der Waals surface area contributed by atoms with E-state index in [1.807, 2.05) is 0 Å². The van der Waals surface area contributed by atoms with Gasteiger partial charge in [0, 0.05) is 0 Å². The van der Waals surface area contributed by atoms with Crippen LogP contribution in [0.3, 0.4) is 0 Å². The maximum atomic E-state index is 9.35. The van der Waals surface area contributed by atoms with Crippen LogP contribution in [0.15, 0.2) is 0 Å². The van der Waals surface area contributed by atoms with Crippen molar-refractivity contribution in [3.63, 3.8) is 0 Å². The summed E-state index contributed by atoms with van der Waals surface area (Å²) in [6.07, 6.45) is 0. The Labute approximate surface area is 84.6 Å². The molecule has 0 aliphatic carbocycles. The number of carbonyl (C=O) groups is 3. The molecule has 15 N–H and O–H groups in total. The average molecular weight is 225 g/mol. The molecule has 0 rings (SSSR count). The summed E-state index contributed by atoms with van der Waals surface area (Å²) in [5.41, 5.74) is 18.2. The molecule has 0 aliphatic rings. The van der Waals surface area contributed by atoms with Crippen molar-refractivity contribution in [1.29, 1.82) is 0 Å². The van der Waals surface area contributed by atoms with Crippen LogP contribution in [0.4, 0.5) is 14.4 Å². The van der Waals surface area contributed by atoms with Gasteiger partial charge in [0.15, 0.2) is 0 Å². The van der Waals surface area contributed by atoms with Crippen molar-refractivity contribution < 1.29 is 14.4 Å². The van der Waals surface area contributed by atoms with Crippen LogP contribution in [-0.4, -0.2) is 18.1 Å². The number of nitrogens with two attached hydrogens (primary N) is 6. The van der Waals surface area contributed by atoms with Crippen LogP contribution in [0.5, 0.6) is 0 Å². The van der Waals surface area contributed by atoms with Crippen LogP contribution in [0.1, 0.15) is 0 Å². The van der Waals surface area contributed by atoms with Gasteiger partial charge in [0.25, 0.3) is 0 Å². The minimum absolute atomic E-state index is 0.718. The van der Waals surface area contributed by atoms with Gasteiger partial charge in [-0.2, -0.15) is 0 Å². The van der Waals surface area contributed by atoms with Gasteiger partial charge in [-0.1, -0.05) is 0 Å². The summed E-state index contributed by atoms with van der Waals surface area (Å²) in [6, 6.07) is -2.15. The van der Waals surface area contributed by atoms with E-state index in [0.29, 0.717) is 0 Å². The zero-order valence-corrected chi connectivity index (χ0v) is 7.69. The van der Waals surface area contributed by atoms with E-state index in [9.17, 15) is 14.4 Å². The van der Waals surface area contributed by atoms with Crippen molar-refractivity contribution in [2.75, 3.05) is 0 Å². The molecule has 15 heavy (non-hydrogen) atoms. The maximum absolute atomic E-state index is 9.35. The normalized spacial score (nSPS) is 6.60. The summed E-state index contributed by atoms with van der Waals surface area (Å²) in [5, 5.41) is 0. The molecule has 0 bridgehead atoms. The first-order chi connectivity index (χ1) is 6.81. The summed E-state index contributed by atoms with van der Waals surface area (Å²) in [5.74, 6) is 13.3. The molecule has 6 amide bonds. The van der Waals surface area contributed by atoms with Gasteiger partial charge in [-0.05, 0) is 0 Å². The molecule has 0 spiro atoms. The Morgan fingerprint density at radius 3 is 0.667 bits per heavy atom. The first kappa shape index (κ1) is 18.5. The predicted molar refractivity (Wildman–Crippen MR) is 50.7 cm³/mol. The molecule has 0 radical (unpaired) electrons. The Morgan fingerprint density at radius 2 is 0.667 bits per heavy atom. The Kier molecular flexibility index (Phi) is 17.5. The van der Waals surface area contributed by atoms with E-state index in [-0.39, 0.29) is 0 Å². The van der Waals surface area contributed by atoms with Gasteiger partial charge in [-0.25, -0.2) is 31.9 Å². The van der Waals surface area contributed by atoms with Crippen molar-refractivity contribution in [3.05, 3.63) is 0 Å². The molecule has 12 heteroatoms. The van der Waals surface area contributed by atoms with Gasteiger partial charge in [0.05, 0.1) is 0 Å². The minimum atomic E-state index is -0.718. The molecule has 0 fully saturated rings. The summed E-state index contributed by atoms with van der Waals surface area (Å²) < 4.78 is 0. The first-order valence-electron chi connectivity index (χ1n) is 3.09. The molecule has 90 valence electrons. The number of amides is 6. The number of carbonyl (C=O) groups excluding carboxylic acids is 3. The van der Waals surface area contributed by atoms with Gasteiger partial charge in [-0.15, -0.1) is 0 Å². The van der Waals surface area contributed by atoms with Crippen molar-refractivity contribution in [2.45, 2.75) is 0 Å². The van der Waals surface area contributed by atoms with Gasteiger partial charge < -0.3 is 17.2 Å². The summed E-state index contributed by atoms with van der Waals surface area (Å²) in [4.78, 5) is 28.1. The SMILES string of the molecule is NNC(N)=O.NNC(N)=O.NNC(N)=O. The lowest BCUT2D eigenvalue weighted by molar-refractivity contribution is 0.248. The van der Waals surface area contributed by atoms with E-state index in [2.05, 4.69) is 34.7 Å². The zero-order chi connectivity index (χ0) is 12.9. The number of hydrogen-bond acceptors (Lipinski definition) is 6. The van der Waals surface area contributed by atoms with Crippen molar-refractivity contribution >= 4 is 18.1 Å². The Bertz CT molecular complexity index is 160. The van der Waals surface area contributed by atoms with E-state index in [1.54, 1.807) is 16.3 Å². The Balaban J connectivity index is -0.000000144. The highest BCUT2D eigenvalue weighted by molar-refractivity contribution is 5.71. The van der Waals surface area contributed by atoms with Crippen LogP contribution < -0.4 is 51.0 Å². The molecular formula is C3H15N9O3. The molecule has 0 heterocycles. The summed E-state index contributed by atoms with van der Waals surface area (Å²) >= 11 is 0. The fourth-order valence-corrected chi connectivity index (χ4v) is 0. The van der Waals surface area contributed by atoms with Crippen LogP contribution in [-0.2, 0) is 0 Å². The molecule has 0 aromatic rings. The van der Waals surface area contributed by atoms with Crippen molar-refractivity contribution in [1.82, 2.24) is 16.3 Å². The molecular weight excluding hydrogens is 210 g/mol.